The molecule has 0 unspecified atom stereocenters. The van der Waals surface area contributed by atoms with Gasteiger partial charge in [-0.1, -0.05) is 45.4 Å². The van der Waals surface area contributed by atoms with Gasteiger partial charge in [-0.15, -0.1) is 0 Å². The van der Waals surface area contributed by atoms with E-state index in [0.29, 0.717) is 6.42 Å². The highest BCUT2D eigenvalue weighted by molar-refractivity contribution is 7.78. The molecular weight excluding hydrogens is 194 g/mol. The summed E-state index contributed by atoms with van der Waals surface area (Å²) in [6, 6.07) is 0. The van der Waals surface area contributed by atoms with E-state index in [1.54, 1.807) is 0 Å². The summed E-state index contributed by atoms with van der Waals surface area (Å²) in [5, 5.41) is 2.10. The standard InChI is InChI=1S/C11H19NOS/c1-2-3-4-5-6-7-8-9-11(13)12-10-14/h2-9H2,1H3. The van der Waals surface area contributed by atoms with Crippen LogP contribution in [0.25, 0.3) is 0 Å². The van der Waals surface area contributed by atoms with Crippen molar-refractivity contribution in [3.63, 3.8) is 0 Å². The number of rotatable bonds is 8. The van der Waals surface area contributed by atoms with E-state index in [4.69, 9.17) is 0 Å². The summed E-state index contributed by atoms with van der Waals surface area (Å²) in [4.78, 5) is 14.3. The predicted molar refractivity (Wildman–Crippen MR) is 62.6 cm³/mol. The number of thiocarbonyl (C=S) groups is 1. The van der Waals surface area contributed by atoms with Gasteiger partial charge < -0.3 is 0 Å². The van der Waals surface area contributed by atoms with E-state index >= 15 is 0 Å². The molecule has 0 N–H and O–H groups in total. The van der Waals surface area contributed by atoms with Gasteiger partial charge in [0.1, 0.15) is 0 Å². The Bertz CT molecular complexity index is 197. The Morgan fingerprint density at radius 1 is 1.14 bits per heavy atom. The number of unbranched alkanes of at least 4 members (excludes halogenated alkanes) is 6. The minimum absolute atomic E-state index is 0.131. The van der Waals surface area contributed by atoms with Crippen LogP contribution in [0.4, 0.5) is 0 Å². The molecule has 0 rings (SSSR count). The second-order valence-electron chi connectivity index (χ2n) is 3.47. The zero-order chi connectivity index (χ0) is 10.6. The molecule has 2 nitrogen and oxygen atoms in total. The van der Waals surface area contributed by atoms with Crippen LogP contribution >= 0.6 is 12.2 Å². The molecule has 0 aromatic heterocycles. The molecule has 0 aromatic rings. The highest BCUT2D eigenvalue weighted by atomic mass is 32.1. The van der Waals surface area contributed by atoms with Crippen LogP contribution < -0.4 is 0 Å². The largest absolute Gasteiger partial charge is 0.272 e. The van der Waals surface area contributed by atoms with Crippen LogP contribution in [0.1, 0.15) is 58.3 Å². The maximum absolute atomic E-state index is 10.9. The number of aliphatic imine (C=N–C) groups is 1. The van der Waals surface area contributed by atoms with Crippen molar-refractivity contribution < 1.29 is 4.79 Å². The van der Waals surface area contributed by atoms with E-state index in [9.17, 15) is 4.79 Å². The summed E-state index contributed by atoms with van der Waals surface area (Å²) >= 11 is 4.34. The van der Waals surface area contributed by atoms with Crippen molar-refractivity contribution in [1.29, 1.82) is 0 Å². The van der Waals surface area contributed by atoms with Crippen molar-refractivity contribution in [2.45, 2.75) is 58.3 Å². The lowest BCUT2D eigenvalue weighted by Gasteiger charge is -1.98. The Balaban J connectivity index is 3.13. The number of hydrogen-bond donors (Lipinski definition) is 0. The zero-order valence-electron chi connectivity index (χ0n) is 8.92. The molecule has 80 valence electrons. The molecule has 0 aliphatic carbocycles. The summed E-state index contributed by atoms with van der Waals surface area (Å²) in [6.45, 7) is 2.21. The maximum Gasteiger partial charge on any atom is 0.254 e. The molecule has 0 heterocycles. The molecule has 0 atom stereocenters. The fourth-order valence-corrected chi connectivity index (χ4v) is 1.44. The Labute approximate surface area is 91.8 Å². The number of hydrogen-bond acceptors (Lipinski definition) is 2. The number of amides is 1. The number of nitrogens with zero attached hydrogens (tertiary/aromatic N) is 1. The van der Waals surface area contributed by atoms with E-state index in [1.807, 2.05) is 0 Å². The minimum Gasteiger partial charge on any atom is -0.272 e. The van der Waals surface area contributed by atoms with Crippen LogP contribution in [0.2, 0.25) is 0 Å². The van der Waals surface area contributed by atoms with Crippen LogP contribution in [0, 0.1) is 0 Å². The second kappa shape index (κ2) is 10.6. The van der Waals surface area contributed by atoms with Crippen LogP contribution in [0.5, 0.6) is 0 Å². The molecule has 1 amide bonds. The Kier molecular flexibility index (Phi) is 10.2. The molecule has 0 fully saturated rings. The van der Waals surface area contributed by atoms with E-state index < -0.39 is 0 Å². The summed E-state index contributed by atoms with van der Waals surface area (Å²) in [6.07, 6.45) is 9.04. The number of isothiocyanates is 1. The SMILES string of the molecule is CCCCCCCCCC(=O)N=C=S. The Morgan fingerprint density at radius 3 is 2.29 bits per heavy atom. The lowest BCUT2D eigenvalue weighted by molar-refractivity contribution is -0.117. The number of carbonyl (C=O) groups excluding carboxylic acids is 1. The van der Waals surface area contributed by atoms with E-state index in [2.05, 4.69) is 29.3 Å². The fourth-order valence-electron chi connectivity index (χ4n) is 1.34. The van der Waals surface area contributed by atoms with Crippen molar-refractivity contribution in [3.8, 4) is 0 Å². The molecule has 0 aliphatic heterocycles. The topological polar surface area (TPSA) is 29.4 Å². The zero-order valence-corrected chi connectivity index (χ0v) is 9.74. The Morgan fingerprint density at radius 2 is 1.71 bits per heavy atom. The molecule has 0 radical (unpaired) electrons. The third-order valence-corrected chi connectivity index (χ3v) is 2.26. The molecule has 0 saturated carbocycles. The summed E-state index contributed by atoms with van der Waals surface area (Å²) in [5.74, 6) is -0.131. The molecule has 3 heteroatoms. The fraction of sp³-hybridized carbons (Fsp3) is 0.818. The van der Waals surface area contributed by atoms with Crippen LogP contribution in [0.3, 0.4) is 0 Å². The van der Waals surface area contributed by atoms with Crippen molar-refractivity contribution >= 4 is 23.3 Å². The van der Waals surface area contributed by atoms with Crippen LogP contribution in [-0.2, 0) is 4.79 Å². The molecule has 0 bridgehead atoms. The summed E-state index contributed by atoms with van der Waals surface area (Å²) in [7, 11) is 0. The first kappa shape index (κ1) is 13.5. The van der Waals surface area contributed by atoms with Gasteiger partial charge in [-0.25, -0.2) is 0 Å². The second-order valence-corrected chi connectivity index (χ2v) is 3.65. The molecule has 14 heavy (non-hydrogen) atoms. The maximum atomic E-state index is 10.9. The predicted octanol–water partition coefficient (Wildman–Crippen LogP) is 3.76. The Hall–Kier alpha value is -0.530. The lowest BCUT2D eigenvalue weighted by Crippen LogP contribution is -1.91. The van der Waals surface area contributed by atoms with Gasteiger partial charge in [0.15, 0.2) is 0 Å². The smallest absolute Gasteiger partial charge is 0.254 e. The van der Waals surface area contributed by atoms with E-state index in [1.165, 1.54) is 32.1 Å². The first-order valence-electron chi connectivity index (χ1n) is 5.42. The molecule has 0 spiro atoms. The van der Waals surface area contributed by atoms with Crippen molar-refractivity contribution in [3.05, 3.63) is 0 Å². The van der Waals surface area contributed by atoms with Gasteiger partial charge in [0, 0.05) is 6.42 Å². The van der Waals surface area contributed by atoms with Gasteiger partial charge in [0.05, 0.1) is 5.16 Å². The molecule has 0 aromatic carbocycles. The highest BCUT2D eigenvalue weighted by Crippen LogP contribution is 2.08. The monoisotopic (exact) mass is 213 g/mol. The van der Waals surface area contributed by atoms with Crippen molar-refractivity contribution in [1.82, 2.24) is 0 Å². The minimum atomic E-state index is -0.131. The van der Waals surface area contributed by atoms with Crippen molar-refractivity contribution in [2.75, 3.05) is 0 Å². The first-order chi connectivity index (χ1) is 6.81. The van der Waals surface area contributed by atoms with Gasteiger partial charge in [0.25, 0.3) is 5.91 Å². The quantitative estimate of drug-likeness (QED) is 0.349. The average Bonchev–Trinajstić information content (AvgIpc) is 2.17. The van der Waals surface area contributed by atoms with E-state index in [-0.39, 0.29) is 5.91 Å². The summed E-state index contributed by atoms with van der Waals surface area (Å²) < 4.78 is 0. The average molecular weight is 213 g/mol. The van der Waals surface area contributed by atoms with Crippen LogP contribution in [-0.4, -0.2) is 11.1 Å². The first-order valence-corrected chi connectivity index (χ1v) is 5.82. The molecular formula is C11H19NOS. The molecule has 0 saturated heterocycles. The highest BCUT2D eigenvalue weighted by Gasteiger charge is 1.97. The van der Waals surface area contributed by atoms with Gasteiger partial charge in [-0.05, 0) is 18.6 Å². The molecule has 0 aliphatic rings. The third-order valence-electron chi connectivity index (χ3n) is 2.16. The van der Waals surface area contributed by atoms with Gasteiger partial charge in [-0.3, -0.25) is 4.79 Å². The van der Waals surface area contributed by atoms with Gasteiger partial charge in [0.2, 0.25) is 0 Å². The normalized spacial score (nSPS) is 9.50. The van der Waals surface area contributed by atoms with Gasteiger partial charge >= 0.3 is 0 Å². The van der Waals surface area contributed by atoms with Crippen molar-refractivity contribution in [2.24, 2.45) is 4.99 Å². The van der Waals surface area contributed by atoms with Gasteiger partial charge in [-0.2, -0.15) is 4.99 Å². The third kappa shape index (κ3) is 9.56. The number of carbonyl (C=O) groups is 1. The van der Waals surface area contributed by atoms with Crippen LogP contribution in [0.15, 0.2) is 4.99 Å². The van der Waals surface area contributed by atoms with E-state index in [0.717, 1.165) is 12.8 Å². The lowest BCUT2D eigenvalue weighted by atomic mass is 10.1. The summed E-state index contributed by atoms with van der Waals surface area (Å²) in [5.41, 5.74) is 0.